The fraction of sp³-hybridized carbons (Fsp3) is 0.194. The van der Waals surface area contributed by atoms with Crippen molar-refractivity contribution >= 4 is 43.5 Å². The Morgan fingerprint density at radius 1 is 0.909 bits per heavy atom. The van der Waals surface area contributed by atoms with Crippen LogP contribution < -0.4 is 4.57 Å². The van der Waals surface area contributed by atoms with E-state index in [9.17, 15) is 0 Å². The number of benzene rings is 4. The van der Waals surface area contributed by atoms with Gasteiger partial charge in [-0.3, -0.25) is 4.57 Å². The molecule has 0 aliphatic heterocycles. The van der Waals surface area contributed by atoms with Crippen LogP contribution in [0.25, 0.3) is 49.2 Å². The van der Waals surface area contributed by atoms with Crippen LogP contribution in [0.3, 0.4) is 0 Å². The van der Waals surface area contributed by atoms with Gasteiger partial charge in [0.15, 0.2) is 17.5 Å². The minimum absolute atomic E-state index is 0.0383. The summed E-state index contributed by atoms with van der Waals surface area (Å²) < 4.78 is 49.9. The number of hydrogen-bond donors (Lipinski definition) is 0. The van der Waals surface area contributed by atoms with E-state index >= 15 is 0 Å². The molecule has 0 aliphatic carbocycles. The molecule has 0 unspecified atom stereocenters. The number of aryl methyl sites for hydroxylation is 1. The minimum atomic E-state index is -2.47. The second-order valence-electron chi connectivity index (χ2n) is 9.59. The highest BCUT2D eigenvalue weighted by Gasteiger charge is 2.17. The fourth-order valence-corrected chi connectivity index (χ4v) is 4.56. The average molecular weight is 435 g/mol. The maximum atomic E-state index is 8.86. The highest BCUT2D eigenvalue weighted by atomic mass is 16.3. The summed E-state index contributed by atoms with van der Waals surface area (Å²) in [6.07, 6.45) is 2.69. The van der Waals surface area contributed by atoms with Gasteiger partial charge in [0.05, 0.1) is 6.20 Å². The third-order valence-corrected chi connectivity index (χ3v) is 6.01. The van der Waals surface area contributed by atoms with Crippen molar-refractivity contribution in [1.82, 2.24) is 0 Å². The lowest BCUT2D eigenvalue weighted by Crippen LogP contribution is -2.32. The van der Waals surface area contributed by atoms with Gasteiger partial charge in [-0.2, -0.15) is 0 Å². The third-order valence-electron chi connectivity index (χ3n) is 6.01. The molecule has 6 aromatic rings. The predicted octanol–water partition coefficient (Wildman–Crippen LogP) is 7.87. The van der Waals surface area contributed by atoms with Gasteiger partial charge in [0.25, 0.3) is 0 Å². The first-order valence-electron chi connectivity index (χ1n) is 13.6. The predicted molar refractivity (Wildman–Crippen MR) is 137 cm³/mol. The van der Waals surface area contributed by atoms with Crippen molar-refractivity contribution in [3.05, 3.63) is 96.3 Å². The van der Waals surface area contributed by atoms with Gasteiger partial charge in [0, 0.05) is 17.6 Å². The van der Waals surface area contributed by atoms with E-state index in [1.165, 1.54) is 6.07 Å². The number of aromatic nitrogens is 1. The Balaban J connectivity index is 1.61. The third kappa shape index (κ3) is 3.38. The highest BCUT2D eigenvalue weighted by Crippen LogP contribution is 2.36. The molecule has 0 saturated heterocycles. The van der Waals surface area contributed by atoms with Crippen LogP contribution in [0.4, 0.5) is 0 Å². The molecule has 0 aliphatic rings. The Bertz CT molecular complexity index is 1880. The number of rotatable bonds is 2. The summed E-state index contributed by atoms with van der Waals surface area (Å²) in [5.41, 5.74) is 1.29. The van der Waals surface area contributed by atoms with Crippen LogP contribution in [0, 0.1) is 18.5 Å². The maximum Gasteiger partial charge on any atom is 0.175 e. The van der Waals surface area contributed by atoms with Gasteiger partial charge in [-0.1, -0.05) is 87.8 Å². The van der Waals surface area contributed by atoms with Crippen molar-refractivity contribution in [2.75, 3.05) is 0 Å². The fourth-order valence-electron chi connectivity index (χ4n) is 4.56. The lowest BCUT2D eigenvalue weighted by atomic mass is 9.87. The molecule has 0 spiro atoms. The molecule has 2 nitrogen and oxygen atoms in total. The zero-order valence-electron chi connectivity index (χ0n) is 23.9. The number of nitrogens with zero attached hydrogens (tertiary/aromatic N) is 1. The molecule has 4 aromatic carbocycles. The summed E-state index contributed by atoms with van der Waals surface area (Å²) in [7, 11) is 0. The Morgan fingerprint density at radius 2 is 1.73 bits per heavy atom. The molecule has 0 fully saturated rings. The van der Waals surface area contributed by atoms with Crippen LogP contribution in [-0.4, -0.2) is 0 Å². The summed E-state index contributed by atoms with van der Waals surface area (Å²) in [6.45, 7) is 2.83. The van der Waals surface area contributed by atoms with E-state index in [0.717, 1.165) is 37.9 Å². The molecule has 0 amide bonds. The molecule has 0 bridgehead atoms. The van der Waals surface area contributed by atoms with Gasteiger partial charge in [-0.25, -0.2) is 0 Å². The summed E-state index contributed by atoms with van der Waals surface area (Å²) >= 11 is 0. The summed E-state index contributed by atoms with van der Waals surface area (Å²) in [5, 5.41) is 6.45. The smallest absolute Gasteiger partial charge is 0.175 e. The zero-order chi connectivity index (χ0) is 27.0. The van der Waals surface area contributed by atoms with E-state index in [1.54, 1.807) is 31.5 Å². The van der Waals surface area contributed by atoms with E-state index < -0.39 is 18.6 Å². The van der Waals surface area contributed by atoms with E-state index in [4.69, 9.17) is 11.3 Å². The topological polar surface area (TPSA) is 17.0 Å². The van der Waals surface area contributed by atoms with Crippen molar-refractivity contribution in [1.29, 1.82) is 0 Å². The molecular weight excluding hydrogens is 402 g/mol. The summed E-state index contributed by atoms with van der Waals surface area (Å²) in [4.78, 5) is 0. The van der Waals surface area contributed by atoms with Crippen molar-refractivity contribution in [3.63, 3.8) is 0 Å². The molecule has 33 heavy (non-hydrogen) atoms. The first-order valence-corrected chi connectivity index (χ1v) is 11.1. The van der Waals surface area contributed by atoms with Gasteiger partial charge in [0.2, 0.25) is 0 Å². The minimum Gasteiger partial charge on any atom is -0.459 e. The highest BCUT2D eigenvalue weighted by molar-refractivity contribution is 6.16. The number of hydrogen-bond acceptors (Lipinski definition) is 1. The normalized spacial score (nSPS) is 15.4. The Kier molecular flexibility index (Phi) is 3.31. The van der Waals surface area contributed by atoms with E-state index in [1.807, 2.05) is 30.3 Å². The van der Waals surface area contributed by atoms with E-state index in [-0.39, 0.29) is 11.1 Å². The Hall–Kier alpha value is -3.65. The van der Waals surface area contributed by atoms with Crippen LogP contribution in [0.1, 0.15) is 38.8 Å². The van der Waals surface area contributed by atoms with Crippen LogP contribution in [0.15, 0.2) is 83.4 Å². The Labute approximate surface area is 201 Å². The first-order chi connectivity index (χ1) is 17.9. The largest absolute Gasteiger partial charge is 0.459 e. The van der Waals surface area contributed by atoms with Gasteiger partial charge in [-0.15, -0.1) is 5.56 Å². The molecule has 0 radical (unpaired) electrons. The number of pyridine rings is 1. The van der Waals surface area contributed by atoms with Gasteiger partial charge in [-0.05, 0) is 51.5 Å². The van der Waals surface area contributed by atoms with Crippen LogP contribution in [-0.2, 0) is 6.37 Å². The monoisotopic (exact) mass is 434 g/mol. The van der Waals surface area contributed by atoms with Crippen LogP contribution in [0.2, 0.25) is 0 Å². The van der Waals surface area contributed by atoms with Crippen molar-refractivity contribution < 1.29 is 15.8 Å². The van der Waals surface area contributed by atoms with Crippen molar-refractivity contribution in [2.24, 2.45) is 5.41 Å². The van der Waals surface area contributed by atoms with Crippen LogP contribution in [0.5, 0.6) is 0 Å². The van der Waals surface area contributed by atoms with E-state index in [2.05, 4.69) is 42.6 Å². The molecular formula is C31H27NO. The Morgan fingerprint density at radius 3 is 2.58 bits per heavy atom. The van der Waals surface area contributed by atoms with Crippen molar-refractivity contribution in [3.8, 4) is 5.69 Å². The lowest BCUT2D eigenvalue weighted by Gasteiger charge is -2.21. The maximum absolute atomic E-state index is 8.86. The van der Waals surface area contributed by atoms with Crippen LogP contribution >= 0.6 is 0 Å². The number of furan rings is 1. The molecule has 6 rings (SSSR count). The number of para-hydroxylation sites is 1. The van der Waals surface area contributed by atoms with Gasteiger partial charge in [0.1, 0.15) is 5.58 Å². The van der Waals surface area contributed by atoms with Crippen molar-refractivity contribution in [2.45, 2.75) is 34.0 Å². The standard InChI is InChI=1S/C31H27NO/c1-20-14-15-32(19-23(20)18-31(2,3)4)28-11-7-10-25-27-16-22-13-12-21-8-5-6-9-24(21)26(22)17-29(27)33-30(25)28/h5-14,16-17,19H,18H2,1-4H3/i1D3,18D2. The molecule has 162 valence electrons. The molecule has 2 heteroatoms. The van der Waals surface area contributed by atoms with Gasteiger partial charge >= 0.3 is 0 Å². The summed E-state index contributed by atoms with van der Waals surface area (Å²) in [5.74, 6) is 0. The lowest BCUT2D eigenvalue weighted by molar-refractivity contribution is -0.599. The second-order valence-corrected chi connectivity index (χ2v) is 9.59. The van der Waals surface area contributed by atoms with E-state index in [0.29, 0.717) is 11.3 Å². The molecule has 0 atom stereocenters. The summed E-state index contributed by atoms with van der Waals surface area (Å²) in [6, 6.07) is 23.9. The molecule has 2 heterocycles. The molecule has 0 saturated carbocycles. The quantitative estimate of drug-likeness (QED) is 0.154. The zero-order valence-corrected chi connectivity index (χ0v) is 18.9. The first kappa shape index (κ1) is 15.2. The average Bonchev–Trinajstić information content (AvgIpc) is 3.23. The molecule has 0 N–H and O–H groups in total. The second kappa shape index (κ2) is 7.18. The molecule has 2 aromatic heterocycles. The number of fused-ring (bicyclic) bond motifs is 6. The van der Waals surface area contributed by atoms with Gasteiger partial charge < -0.3 is 4.42 Å². The SMILES string of the molecule is [2H]C([2H])([2H])c1c[c-][n+](-c2cccc3c2oc2cc4c(ccc5ccccc54)cc23)cc1C([2H])([2H])C(C)(C)C.